The smallest absolute Gasteiger partial charge is 0.161 e. The summed E-state index contributed by atoms with van der Waals surface area (Å²) in [6, 6.07) is 8.17. The van der Waals surface area contributed by atoms with Gasteiger partial charge in [0.15, 0.2) is 5.82 Å². The number of hydrogen-bond acceptors (Lipinski definition) is 4. The molecule has 2 N–H and O–H groups in total. The fourth-order valence-electron chi connectivity index (χ4n) is 1.52. The van der Waals surface area contributed by atoms with E-state index in [0.717, 1.165) is 16.8 Å². The fourth-order valence-corrected chi connectivity index (χ4v) is 1.93. The monoisotopic (exact) mass is 245 g/mol. The van der Waals surface area contributed by atoms with Crippen LogP contribution in [0.15, 0.2) is 29.2 Å². The zero-order valence-corrected chi connectivity index (χ0v) is 11.0. The van der Waals surface area contributed by atoms with Crippen molar-refractivity contribution in [1.82, 2.24) is 9.97 Å². The van der Waals surface area contributed by atoms with E-state index < -0.39 is 0 Å². The molecule has 0 unspecified atom stereocenters. The number of thioether (sulfide) groups is 1. The van der Waals surface area contributed by atoms with Crippen molar-refractivity contribution in [3.8, 4) is 11.4 Å². The molecule has 4 heteroatoms. The van der Waals surface area contributed by atoms with Crippen molar-refractivity contribution in [2.24, 2.45) is 0 Å². The van der Waals surface area contributed by atoms with Gasteiger partial charge in [-0.3, -0.25) is 0 Å². The summed E-state index contributed by atoms with van der Waals surface area (Å²) in [5.74, 6) is 1.25. The molecule has 0 saturated heterocycles. The lowest BCUT2D eigenvalue weighted by molar-refractivity contribution is 1.08. The van der Waals surface area contributed by atoms with Crippen LogP contribution in [-0.4, -0.2) is 16.2 Å². The molecule has 1 heterocycles. The quantitative estimate of drug-likeness (QED) is 0.826. The average Bonchev–Trinajstić information content (AvgIpc) is 2.35. The highest BCUT2D eigenvalue weighted by Crippen LogP contribution is 2.22. The van der Waals surface area contributed by atoms with Crippen LogP contribution < -0.4 is 5.73 Å². The summed E-state index contributed by atoms with van der Waals surface area (Å²) in [5.41, 5.74) is 8.74. The van der Waals surface area contributed by atoms with E-state index in [9.17, 15) is 0 Å². The molecule has 3 nitrogen and oxygen atoms in total. The molecule has 0 aliphatic carbocycles. The molecule has 0 aliphatic rings. The predicted molar refractivity (Wildman–Crippen MR) is 73.1 cm³/mol. The second-order valence-electron chi connectivity index (χ2n) is 3.87. The maximum atomic E-state index is 5.86. The zero-order chi connectivity index (χ0) is 12.4. The molecule has 17 heavy (non-hydrogen) atoms. The Balaban J connectivity index is 2.45. The van der Waals surface area contributed by atoms with E-state index >= 15 is 0 Å². The third kappa shape index (κ3) is 2.42. The Hall–Kier alpha value is -1.55. The van der Waals surface area contributed by atoms with Crippen LogP contribution in [0.1, 0.15) is 11.3 Å². The second-order valence-corrected chi connectivity index (χ2v) is 4.75. The van der Waals surface area contributed by atoms with Crippen molar-refractivity contribution >= 4 is 17.6 Å². The molecule has 0 radical (unpaired) electrons. The molecule has 0 bridgehead atoms. The summed E-state index contributed by atoms with van der Waals surface area (Å²) < 4.78 is 0. The normalized spacial score (nSPS) is 10.5. The van der Waals surface area contributed by atoms with Crippen molar-refractivity contribution in [2.45, 2.75) is 18.7 Å². The first-order valence-corrected chi connectivity index (χ1v) is 6.59. The highest BCUT2D eigenvalue weighted by molar-refractivity contribution is 7.98. The molecular formula is C13H15N3S. The first-order chi connectivity index (χ1) is 8.11. The van der Waals surface area contributed by atoms with Gasteiger partial charge < -0.3 is 5.73 Å². The Morgan fingerprint density at radius 1 is 1.06 bits per heavy atom. The van der Waals surface area contributed by atoms with E-state index in [4.69, 9.17) is 5.73 Å². The first kappa shape index (κ1) is 11.9. The highest BCUT2D eigenvalue weighted by Gasteiger charge is 2.07. The lowest BCUT2D eigenvalue weighted by Gasteiger charge is -2.07. The first-order valence-electron chi connectivity index (χ1n) is 5.37. The average molecular weight is 245 g/mol. The summed E-state index contributed by atoms with van der Waals surface area (Å²) >= 11 is 1.72. The van der Waals surface area contributed by atoms with Crippen molar-refractivity contribution < 1.29 is 0 Å². The third-order valence-electron chi connectivity index (χ3n) is 2.78. The standard InChI is InChI=1S/C13H15N3S/c1-8-9(2)15-13(16-12(8)14)10-4-6-11(17-3)7-5-10/h4-7H,1-3H3,(H2,14,15,16). The number of nitrogens with two attached hydrogens (primary N) is 1. The molecular weight excluding hydrogens is 230 g/mol. The predicted octanol–water partition coefficient (Wildman–Crippen LogP) is 3.06. The number of anilines is 1. The van der Waals surface area contributed by atoms with Crippen LogP contribution in [0.25, 0.3) is 11.4 Å². The van der Waals surface area contributed by atoms with Gasteiger partial charge in [0.2, 0.25) is 0 Å². The van der Waals surface area contributed by atoms with Gasteiger partial charge in [0.25, 0.3) is 0 Å². The molecule has 88 valence electrons. The number of hydrogen-bond donors (Lipinski definition) is 1. The van der Waals surface area contributed by atoms with Gasteiger partial charge in [0, 0.05) is 21.7 Å². The number of nitrogens with zero attached hydrogens (tertiary/aromatic N) is 2. The van der Waals surface area contributed by atoms with Crippen LogP contribution in [-0.2, 0) is 0 Å². The molecule has 2 rings (SSSR count). The Morgan fingerprint density at radius 2 is 1.71 bits per heavy atom. The van der Waals surface area contributed by atoms with Crippen LogP contribution in [0.5, 0.6) is 0 Å². The maximum Gasteiger partial charge on any atom is 0.161 e. The molecule has 0 spiro atoms. The Bertz CT molecular complexity index is 512. The fraction of sp³-hybridized carbons (Fsp3) is 0.231. The van der Waals surface area contributed by atoms with Gasteiger partial charge in [-0.2, -0.15) is 0 Å². The van der Waals surface area contributed by atoms with Crippen LogP contribution in [0.3, 0.4) is 0 Å². The minimum Gasteiger partial charge on any atom is -0.383 e. The third-order valence-corrected chi connectivity index (χ3v) is 3.52. The van der Waals surface area contributed by atoms with Gasteiger partial charge >= 0.3 is 0 Å². The Kier molecular flexibility index (Phi) is 3.33. The van der Waals surface area contributed by atoms with Gasteiger partial charge in [0.05, 0.1) is 0 Å². The van der Waals surface area contributed by atoms with Crippen LogP contribution in [0.2, 0.25) is 0 Å². The minimum absolute atomic E-state index is 0.557. The lowest BCUT2D eigenvalue weighted by atomic mass is 10.2. The summed E-state index contributed by atoms with van der Waals surface area (Å²) in [6.07, 6.45) is 2.06. The van der Waals surface area contributed by atoms with Gasteiger partial charge in [-0.1, -0.05) is 12.1 Å². The topological polar surface area (TPSA) is 51.8 Å². The minimum atomic E-state index is 0.557. The molecule has 1 aromatic carbocycles. The highest BCUT2D eigenvalue weighted by atomic mass is 32.2. The van der Waals surface area contributed by atoms with Crippen molar-refractivity contribution in [3.05, 3.63) is 35.5 Å². The van der Waals surface area contributed by atoms with E-state index in [2.05, 4.69) is 28.4 Å². The summed E-state index contributed by atoms with van der Waals surface area (Å²) in [7, 11) is 0. The molecule has 0 saturated carbocycles. The Morgan fingerprint density at radius 3 is 2.24 bits per heavy atom. The summed E-state index contributed by atoms with van der Waals surface area (Å²) in [5, 5.41) is 0. The van der Waals surface area contributed by atoms with Gasteiger partial charge in [0.1, 0.15) is 5.82 Å². The van der Waals surface area contributed by atoms with E-state index in [-0.39, 0.29) is 0 Å². The van der Waals surface area contributed by atoms with E-state index in [1.165, 1.54) is 4.90 Å². The molecule has 1 aromatic heterocycles. The molecule has 0 fully saturated rings. The molecule has 0 atom stereocenters. The Labute approximate surface area is 105 Å². The molecule has 2 aromatic rings. The summed E-state index contributed by atoms with van der Waals surface area (Å²) in [6.45, 7) is 3.89. The maximum absolute atomic E-state index is 5.86. The summed E-state index contributed by atoms with van der Waals surface area (Å²) in [4.78, 5) is 10.0. The lowest BCUT2D eigenvalue weighted by Crippen LogP contribution is -2.01. The SMILES string of the molecule is CSc1ccc(-c2nc(C)c(C)c(N)n2)cc1. The van der Waals surface area contributed by atoms with E-state index in [0.29, 0.717) is 11.6 Å². The number of rotatable bonds is 2. The van der Waals surface area contributed by atoms with Crippen molar-refractivity contribution in [1.29, 1.82) is 0 Å². The van der Waals surface area contributed by atoms with Crippen LogP contribution in [0.4, 0.5) is 5.82 Å². The van der Waals surface area contributed by atoms with Gasteiger partial charge in [-0.05, 0) is 32.2 Å². The number of benzene rings is 1. The van der Waals surface area contributed by atoms with Crippen LogP contribution >= 0.6 is 11.8 Å². The van der Waals surface area contributed by atoms with Crippen molar-refractivity contribution in [3.63, 3.8) is 0 Å². The van der Waals surface area contributed by atoms with Gasteiger partial charge in [-0.25, -0.2) is 9.97 Å². The number of nitrogen functional groups attached to an aromatic ring is 1. The van der Waals surface area contributed by atoms with Crippen molar-refractivity contribution in [2.75, 3.05) is 12.0 Å². The van der Waals surface area contributed by atoms with Crippen LogP contribution in [0, 0.1) is 13.8 Å². The largest absolute Gasteiger partial charge is 0.383 e. The van der Waals surface area contributed by atoms with E-state index in [1.54, 1.807) is 11.8 Å². The van der Waals surface area contributed by atoms with E-state index in [1.807, 2.05) is 26.0 Å². The second kappa shape index (κ2) is 4.75. The number of aryl methyl sites for hydroxylation is 1. The van der Waals surface area contributed by atoms with Gasteiger partial charge in [-0.15, -0.1) is 11.8 Å². The molecule has 0 aliphatic heterocycles. The number of aromatic nitrogens is 2. The molecule has 0 amide bonds. The zero-order valence-electron chi connectivity index (χ0n) is 10.2.